The van der Waals surface area contributed by atoms with Crippen molar-refractivity contribution in [3.05, 3.63) is 0 Å². The lowest BCUT2D eigenvalue weighted by molar-refractivity contribution is -0.164. The van der Waals surface area contributed by atoms with Crippen LogP contribution < -0.4 is 0 Å². The van der Waals surface area contributed by atoms with Gasteiger partial charge in [0, 0.05) is 5.41 Å². The van der Waals surface area contributed by atoms with E-state index >= 15 is 0 Å². The Labute approximate surface area is 219 Å². The van der Waals surface area contributed by atoms with Crippen molar-refractivity contribution in [2.45, 2.75) is 181 Å². The summed E-state index contributed by atoms with van der Waals surface area (Å²) < 4.78 is 5.85. The van der Waals surface area contributed by atoms with Crippen LogP contribution in [0.25, 0.3) is 0 Å². The maximum Gasteiger partial charge on any atom is 0.312 e. The minimum absolute atomic E-state index is 0.107. The summed E-state index contributed by atoms with van der Waals surface area (Å²) in [6.45, 7) is 5.32. The van der Waals surface area contributed by atoms with E-state index in [0.717, 1.165) is 19.4 Å². The summed E-state index contributed by atoms with van der Waals surface area (Å²) in [5, 5.41) is 0. The van der Waals surface area contributed by atoms with Gasteiger partial charge in [0.15, 0.2) is 0 Å². The van der Waals surface area contributed by atoms with Gasteiger partial charge >= 0.3 is 5.97 Å². The van der Waals surface area contributed by atoms with Gasteiger partial charge in [0.2, 0.25) is 0 Å². The highest BCUT2D eigenvalue weighted by molar-refractivity contribution is 5.81. The fraction of sp³-hybridized carbons (Fsp3) is 0.970. The molecule has 204 valence electrons. The lowest BCUT2D eigenvalue weighted by Crippen LogP contribution is -2.44. The standard InChI is InChI=1S/C33H60O2/c1-3-5-7-9-11-13-14-15-17-19-21-23-25-33-28-31(29-35-30(33)34)26-32(33,27-31)24-22-20-18-16-12-10-8-6-4-2/h3-29H2,1-2H3. The van der Waals surface area contributed by atoms with E-state index in [1.54, 1.807) is 0 Å². The van der Waals surface area contributed by atoms with Crippen LogP contribution in [0.2, 0.25) is 0 Å². The second-order valence-corrected chi connectivity index (χ2v) is 13.2. The number of carbonyl (C=O) groups is 1. The molecule has 0 amide bonds. The lowest BCUT2D eigenvalue weighted by Gasteiger charge is -2.48. The molecule has 4 aliphatic rings. The molecule has 1 aliphatic heterocycles. The summed E-state index contributed by atoms with van der Waals surface area (Å²) in [5.41, 5.74) is 0.577. The van der Waals surface area contributed by atoms with Crippen LogP contribution >= 0.6 is 0 Å². The predicted octanol–water partition coefficient (Wildman–Crippen LogP) is 10.7. The second-order valence-electron chi connectivity index (χ2n) is 13.2. The van der Waals surface area contributed by atoms with Crippen molar-refractivity contribution < 1.29 is 9.53 Å². The van der Waals surface area contributed by atoms with Gasteiger partial charge < -0.3 is 4.74 Å². The Hall–Kier alpha value is -0.530. The minimum Gasteiger partial charge on any atom is -0.465 e. The van der Waals surface area contributed by atoms with Crippen molar-refractivity contribution in [3.63, 3.8) is 0 Å². The van der Waals surface area contributed by atoms with Gasteiger partial charge in [-0.1, -0.05) is 149 Å². The minimum atomic E-state index is -0.107. The van der Waals surface area contributed by atoms with Gasteiger partial charge in [-0.15, -0.1) is 0 Å². The molecule has 35 heavy (non-hydrogen) atoms. The lowest BCUT2D eigenvalue weighted by atomic mass is 9.54. The van der Waals surface area contributed by atoms with Crippen LogP contribution in [0.3, 0.4) is 0 Å². The Balaban J connectivity index is 1.29. The Bertz CT molecular complexity index is 590. The second kappa shape index (κ2) is 15.0. The van der Waals surface area contributed by atoms with Crippen molar-refractivity contribution >= 4 is 5.97 Å². The molecule has 0 aromatic rings. The maximum absolute atomic E-state index is 13.2. The Morgan fingerprint density at radius 3 is 1.40 bits per heavy atom. The first kappa shape index (κ1) is 29.0. The quantitative estimate of drug-likeness (QED) is 0.106. The summed E-state index contributed by atoms with van der Waals surface area (Å²) in [6, 6.07) is 0. The monoisotopic (exact) mass is 488 g/mol. The van der Waals surface area contributed by atoms with E-state index in [-0.39, 0.29) is 11.4 Å². The summed E-state index contributed by atoms with van der Waals surface area (Å²) in [4.78, 5) is 13.2. The zero-order valence-corrected chi connectivity index (χ0v) is 23.9. The Kier molecular flexibility index (Phi) is 12.5. The van der Waals surface area contributed by atoms with Crippen LogP contribution in [0.1, 0.15) is 181 Å². The van der Waals surface area contributed by atoms with Crippen molar-refractivity contribution in [1.29, 1.82) is 0 Å². The van der Waals surface area contributed by atoms with Gasteiger partial charge in [0.1, 0.15) is 0 Å². The first-order valence-corrected chi connectivity index (χ1v) is 16.3. The number of carbonyl (C=O) groups excluding carboxylic acids is 1. The molecule has 0 radical (unpaired) electrons. The number of hydrogen-bond donors (Lipinski definition) is 0. The number of esters is 1. The molecule has 4 rings (SSSR count). The molecular weight excluding hydrogens is 428 g/mol. The maximum atomic E-state index is 13.2. The third-order valence-corrected chi connectivity index (χ3v) is 10.2. The number of hydrogen-bond acceptors (Lipinski definition) is 2. The number of ether oxygens (including phenoxy) is 1. The summed E-state index contributed by atoms with van der Waals surface area (Å²) in [7, 11) is 0. The third kappa shape index (κ3) is 7.73. The molecule has 2 nitrogen and oxygen atoms in total. The number of unbranched alkanes of at least 4 members (excludes halogenated alkanes) is 19. The predicted molar refractivity (Wildman–Crippen MR) is 150 cm³/mol. The molecule has 4 fully saturated rings. The third-order valence-electron chi connectivity index (χ3n) is 10.2. The van der Waals surface area contributed by atoms with Gasteiger partial charge in [0.05, 0.1) is 12.0 Å². The highest BCUT2D eigenvalue weighted by Crippen LogP contribution is 2.80. The molecule has 3 bridgehead atoms. The van der Waals surface area contributed by atoms with Crippen molar-refractivity contribution in [2.75, 3.05) is 6.61 Å². The molecule has 1 atom stereocenters. The van der Waals surface area contributed by atoms with Crippen LogP contribution in [0.5, 0.6) is 0 Å². The molecule has 1 heterocycles. The van der Waals surface area contributed by atoms with Gasteiger partial charge in [-0.25, -0.2) is 0 Å². The molecule has 0 N–H and O–H groups in total. The molecule has 2 heteroatoms. The van der Waals surface area contributed by atoms with E-state index in [0.29, 0.717) is 10.8 Å². The van der Waals surface area contributed by atoms with Gasteiger partial charge in [-0.05, 0) is 37.5 Å². The molecule has 1 unspecified atom stereocenters. The molecule has 1 spiro atoms. The first-order chi connectivity index (χ1) is 17.1. The number of cyclic esters (lactones) is 1. The Morgan fingerprint density at radius 1 is 0.543 bits per heavy atom. The molecule has 3 saturated carbocycles. The van der Waals surface area contributed by atoms with Crippen LogP contribution in [-0.4, -0.2) is 12.6 Å². The SMILES string of the molecule is CCCCCCCCCCCCCCC12CC3(COC1=O)CC2(CCCCCCCCCCC)C3. The highest BCUT2D eigenvalue weighted by Gasteiger charge is 2.77. The average Bonchev–Trinajstić information content (AvgIpc) is 3.21. The van der Waals surface area contributed by atoms with Crippen LogP contribution in [0.4, 0.5) is 0 Å². The molecular formula is C33H60O2. The molecule has 1 saturated heterocycles. The van der Waals surface area contributed by atoms with E-state index in [1.165, 1.54) is 154 Å². The van der Waals surface area contributed by atoms with E-state index in [2.05, 4.69) is 13.8 Å². The van der Waals surface area contributed by atoms with E-state index in [9.17, 15) is 4.79 Å². The summed E-state index contributed by atoms with van der Waals surface area (Å²) >= 11 is 0. The largest absolute Gasteiger partial charge is 0.465 e. The van der Waals surface area contributed by atoms with E-state index < -0.39 is 0 Å². The number of rotatable bonds is 23. The normalized spacial score (nSPS) is 28.8. The molecule has 0 aromatic carbocycles. The van der Waals surface area contributed by atoms with Crippen LogP contribution in [0.15, 0.2) is 0 Å². The van der Waals surface area contributed by atoms with Crippen molar-refractivity contribution in [1.82, 2.24) is 0 Å². The van der Waals surface area contributed by atoms with Crippen molar-refractivity contribution in [3.8, 4) is 0 Å². The first-order valence-electron chi connectivity index (χ1n) is 16.3. The topological polar surface area (TPSA) is 26.3 Å². The zero-order valence-electron chi connectivity index (χ0n) is 23.9. The summed E-state index contributed by atoms with van der Waals surface area (Å²) in [5.74, 6) is 0.196. The fourth-order valence-corrected chi connectivity index (χ4v) is 8.39. The molecule has 0 aromatic heterocycles. The Morgan fingerprint density at radius 2 is 0.943 bits per heavy atom. The van der Waals surface area contributed by atoms with Gasteiger partial charge in [0.25, 0.3) is 0 Å². The van der Waals surface area contributed by atoms with Gasteiger partial charge in [-0.2, -0.15) is 0 Å². The highest BCUT2D eigenvalue weighted by atomic mass is 16.5. The molecule has 3 aliphatic carbocycles. The smallest absolute Gasteiger partial charge is 0.312 e. The average molecular weight is 489 g/mol. The van der Waals surface area contributed by atoms with E-state index in [4.69, 9.17) is 4.74 Å². The van der Waals surface area contributed by atoms with Crippen molar-refractivity contribution in [2.24, 2.45) is 16.2 Å². The van der Waals surface area contributed by atoms with Crippen LogP contribution in [0, 0.1) is 16.2 Å². The zero-order chi connectivity index (χ0) is 24.9. The van der Waals surface area contributed by atoms with E-state index in [1.807, 2.05) is 0 Å². The van der Waals surface area contributed by atoms with Crippen LogP contribution in [-0.2, 0) is 9.53 Å². The fourth-order valence-electron chi connectivity index (χ4n) is 8.39. The van der Waals surface area contributed by atoms with Gasteiger partial charge in [-0.3, -0.25) is 4.79 Å². The summed E-state index contributed by atoms with van der Waals surface area (Å²) in [6.07, 6.45) is 35.3.